The van der Waals surface area contributed by atoms with Crippen LogP contribution in [-0.4, -0.2) is 30.8 Å². The number of aliphatic hydroxyl groups is 1. The van der Waals surface area contributed by atoms with Crippen molar-refractivity contribution in [3.05, 3.63) is 83.1 Å². The number of aromatic nitrogens is 4. The Balaban J connectivity index is 1.48. The Hall–Kier alpha value is -3.91. The second kappa shape index (κ2) is 7.85. The molecule has 3 heterocycles. The maximum absolute atomic E-state index is 14.3. The van der Waals surface area contributed by atoms with E-state index in [9.17, 15) is 14.3 Å². The molecular formula is C26H22FN5O2. The number of pyridine rings is 1. The number of aliphatic hydroxyl groups excluding tert-OH is 1. The first kappa shape index (κ1) is 20.7. The Labute approximate surface area is 195 Å². The van der Waals surface area contributed by atoms with Crippen LogP contribution in [0.2, 0.25) is 0 Å². The fraction of sp³-hybridized carbons (Fsp3) is 0.231. The second-order valence-corrected chi connectivity index (χ2v) is 8.91. The molecule has 1 aliphatic heterocycles. The molecule has 1 aliphatic carbocycles. The number of anilines is 1. The molecule has 0 bridgehead atoms. The van der Waals surface area contributed by atoms with E-state index in [1.807, 2.05) is 31.3 Å². The Morgan fingerprint density at radius 2 is 1.91 bits per heavy atom. The lowest BCUT2D eigenvalue weighted by Gasteiger charge is -2.18. The Morgan fingerprint density at radius 3 is 2.65 bits per heavy atom. The molecule has 0 atom stereocenters. The number of nitrogens with zero attached hydrogens (tertiary/aromatic N) is 5. The molecule has 2 aromatic carbocycles. The number of benzene rings is 2. The quantitative estimate of drug-likeness (QED) is 0.487. The fourth-order valence-corrected chi connectivity index (χ4v) is 4.53. The Bertz CT molecular complexity index is 1440. The largest absolute Gasteiger partial charge is 0.392 e. The molecule has 34 heavy (non-hydrogen) atoms. The lowest BCUT2D eigenvalue weighted by molar-refractivity contribution is 0.0995. The number of hydrogen-bond acceptors (Lipinski definition) is 5. The first-order valence-electron chi connectivity index (χ1n) is 11.2. The third kappa shape index (κ3) is 3.47. The molecule has 8 heteroatoms. The van der Waals surface area contributed by atoms with Crippen LogP contribution >= 0.6 is 0 Å². The van der Waals surface area contributed by atoms with Crippen LogP contribution in [0.5, 0.6) is 0 Å². The molecule has 0 saturated heterocycles. The van der Waals surface area contributed by atoms with E-state index < -0.39 is 0 Å². The third-order valence-electron chi connectivity index (χ3n) is 6.51. The number of fused-ring (bicyclic) bond motifs is 1. The monoisotopic (exact) mass is 455 g/mol. The van der Waals surface area contributed by atoms with Gasteiger partial charge < -0.3 is 9.67 Å². The summed E-state index contributed by atoms with van der Waals surface area (Å²) in [5.41, 5.74) is 5.41. The zero-order chi connectivity index (χ0) is 23.4. The predicted octanol–water partition coefficient (Wildman–Crippen LogP) is 4.21. The molecule has 6 rings (SSSR count). The van der Waals surface area contributed by atoms with E-state index in [4.69, 9.17) is 4.98 Å². The summed E-state index contributed by atoms with van der Waals surface area (Å²) in [5.74, 6) is 0.993. The average molecular weight is 455 g/mol. The first-order valence-corrected chi connectivity index (χ1v) is 11.2. The number of rotatable bonds is 5. The van der Waals surface area contributed by atoms with Crippen LogP contribution in [0.15, 0.2) is 54.9 Å². The molecule has 170 valence electrons. The Kier molecular flexibility index (Phi) is 4.77. The smallest absolute Gasteiger partial charge is 0.260 e. The summed E-state index contributed by atoms with van der Waals surface area (Å²) in [6.45, 7) is 0.301. The summed E-state index contributed by atoms with van der Waals surface area (Å²) in [5, 5.41) is 17.6. The van der Waals surface area contributed by atoms with E-state index in [0.29, 0.717) is 40.8 Å². The van der Waals surface area contributed by atoms with Crippen LogP contribution in [0.25, 0.3) is 22.5 Å². The van der Waals surface area contributed by atoms with Gasteiger partial charge in [0, 0.05) is 29.8 Å². The molecule has 1 saturated carbocycles. The van der Waals surface area contributed by atoms with Crippen LogP contribution < -0.4 is 4.90 Å². The SMILES string of the molecule is Cn1cnnc1-c1cc(F)ccc1-c1cc(C2CC2)nc(N2Cc3ccc(CO)cc3C2=O)c1. The van der Waals surface area contributed by atoms with Crippen LogP contribution in [-0.2, 0) is 20.2 Å². The number of carbonyl (C=O) groups excluding carboxylic acids is 1. The zero-order valence-corrected chi connectivity index (χ0v) is 18.6. The summed E-state index contributed by atoms with van der Waals surface area (Å²) in [7, 11) is 1.82. The maximum Gasteiger partial charge on any atom is 0.260 e. The van der Waals surface area contributed by atoms with Crippen LogP contribution in [0.4, 0.5) is 10.2 Å². The molecule has 2 aromatic heterocycles. The van der Waals surface area contributed by atoms with Gasteiger partial charge in [0.05, 0.1) is 13.2 Å². The van der Waals surface area contributed by atoms with Crippen molar-refractivity contribution in [2.45, 2.75) is 31.9 Å². The summed E-state index contributed by atoms with van der Waals surface area (Å²) >= 11 is 0. The van der Waals surface area contributed by atoms with Gasteiger partial charge in [0.15, 0.2) is 5.82 Å². The number of carbonyl (C=O) groups is 1. The zero-order valence-electron chi connectivity index (χ0n) is 18.6. The number of amides is 1. The highest BCUT2D eigenvalue weighted by atomic mass is 19.1. The lowest BCUT2D eigenvalue weighted by atomic mass is 9.98. The third-order valence-corrected chi connectivity index (χ3v) is 6.51. The van der Waals surface area contributed by atoms with E-state index in [-0.39, 0.29) is 18.3 Å². The van der Waals surface area contributed by atoms with Crippen molar-refractivity contribution in [3.63, 3.8) is 0 Å². The van der Waals surface area contributed by atoms with E-state index in [1.165, 1.54) is 12.1 Å². The molecule has 0 spiro atoms. The van der Waals surface area contributed by atoms with Crippen molar-refractivity contribution in [3.8, 4) is 22.5 Å². The van der Waals surface area contributed by atoms with Crippen molar-refractivity contribution >= 4 is 11.7 Å². The number of halogens is 1. The standard InChI is InChI=1S/C26H22FN5O2/c1-31-14-28-30-25(31)22-11-19(27)6-7-20(22)18-9-23(16-4-5-16)29-24(10-18)32-12-17-3-2-15(13-33)8-21(17)26(32)34/h2-3,6-11,14,16,33H,4-5,12-13H2,1H3. The molecule has 1 N–H and O–H groups in total. The molecule has 0 radical (unpaired) electrons. The van der Waals surface area contributed by atoms with E-state index in [2.05, 4.69) is 10.2 Å². The normalized spacial score (nSPS) is 15.1. The second-order valence-electron chi connectivity index (χ2n) is 8.91. The topological polar surface area (TPSA) is 84.1 Å². The van der Waals surface area contributed by atoms with Gasteiger partial charge in [-0.15, -0.1) is 10.2 Å². The highest BCUT2D eigenvalue weighted by Gasteiger charge is 2.32. The summed E-state index contributed by atoms with van der Waals surface area (Å²) < 4.78 is 16.0. The van der Waals surface area contributed by atoms with Gasteiger partial charge in [-0.25, -0.2) is 9.37 Å². The van der Waals surface area contributed by atoms with Crippen molar-refractivity contribution in [2.75, 3.05) is 4.90 Å². The highest BCUT2D eigenvalue weighted by Crippen LogP contribution is 2.43. The predicted molar refractivity (Wildman–Crippen MR) is 124 cm³/mol. The van der Waals surface area contributed by atoms with Gasteiger partial charge in [-0.3, -0.25) is 9.69 Å². The Morgan fingerprint density at radius 1 is 1.06 bits per heavy atom. The molecule has 1 amide bonds. The van der Waals surface area contributed by atoms with Crippen LogP contribution in [0, 0.1) is 5.82 Å². The number of hydrogen-bond donors (Lipinski definition) is 1. The van der Waals surface area contributed by atoms with Gasteiger partial charge in [-0.1, -0.05) is 18.2 Å². The van der Waals surface area contributed by atoms with Gasteiger partial charge in [0.25, 0.3) is 5.91 Å². The highest BCUT2D eigenvalue weighted by molar-refractivity contribution is 6.10. The molecule has 0 unspecified atom stereocenters. The van der Waals surface area contributed by atoms with Gasteiger partial charge in [-0.05, 0) is 65.4 Å². The van der Waals surface area contributed by atoms with Crippen molar-refractivity contribution < 1.29 is 14.3 Å². The first-order chi connectivity index (χ1) is 16.5. The minimum absolute atomic E-state index is 0.116. The minimum atomic E-state index is -0.358. The van der Waals surface area contributed by atoms with Gasteiger partial charge in [-0.2, -0.15) is 0 Å². The van der Waals surface area contributed by atoms with Crippen molar-refractivity contribution in [1.82, 2.24) is 19.7 Å². The summed E-state index contributed by atoms with van der Waals surface area (Å²) in [6.07, 6.45) is 3.70. The van der Waals surface area contributed by atoms with Gasteiger partial charge in [0.2, 0.25) is 0 Å². The molecule has 7 nitrogen and oxygen atoms in total. The van der Waals surface area contributed by atoms with Crippen LogP contribution in [0.3, 0.4) is 0 Å². The molecule has 1 fully saturated rings. The lowest BCUT2D eigenvalue weighted by Crippen LogP contribution is -2.24. The van der Waals surface area contributed by atoms with Crippen molar-refractivity contribution in [2.24, 2.45) is 7.05 Å². The van der Waals surface area contributed by atoms with E-state index in [0.717, 1.165) is 35.2 Å². The molecular weight excluding hydrogens is 433 g/mol. The average Bonchev–Trinajstić information content (AvgIpc) is 3.54. The van der Waals surface area contributed by atoms with E-state index in [1.54, 1.807) is 27.9 Å². The van der Waals surface area contributed by atoms with Crippen LogP contribution in [0.1, 0.15) is 45.9 Å². The fourth-order valence-electron chi connectivity index (χ4n) is 4.53. The van der Waals surface area contributed by atoms with Crippen molar-refractivity contribution in [1.29, 1.82) is 0 Å². The minimum Gasteiger partial charge on any atom is -0.392 e. The van der Waals surface area contributed by atoms with Gasteiger partial charge in [0.1, 0.15) is 18.0 Å². The summed E-state index contributed by atoms with van der Waals surface area (Å²) in [6, 6.07) is 14.0. The molecule has 4 aromatic rings. The summed E-state index contributed by atoms with van der Waals surface area (Å²) in [4.78, 5) is 19.8. The van der Waals surface area contributed by atoms with Gasteiger partial charge >= 0.3 is 0 Å². The maximum atomic E-state index is 14.3. The molecule has 2 aliphatic rings. The number of aryl methyl sites for hydroxylation is 1. The van der Waals surface area contributed by atoms with E-state index >= 15 is 0 Å².